The number of benzene rings is 2. The Balaban J connectivity index is 1.30. The third-order valence-electron chi connectivity index (χ3n) is 10.7. The highest BCUT2D eigenvalue weighted by atomic mass is 16.6. The van der Waals surface area contributed by atoms with E-state index in [-0.39, 0.29) is 35.2 Å². The molecule has 3 heterocycles. The van der Waals surface area contributed by atoms with Crippen molar-refractivity contribution in [2.75, 3.05) is 55.7 Å². The van der Waals surface area contributed by atoms with Crippen LogP contribution in [0.3, 0.4) is 0 Å². The van der Waals surface area contributed by atoms with Gasteiger partial charge in [-0.05, 0) is 61.3 Å². The fourth-order valence-corrected chi connectivity index (χ4v) is 8.43. The number of nitrogens with zero attached hydrogens (tertiary/aromatic N) is 1. The molecule has 3 aromatic rings. The number of rotatable bonds is 11. The first-order valence-electron chi connectivity index (χ1n) is 16.8. The minimum absolute atomic E-state index is 0.0289. The van der Waals surface area contributed by atoms with Crippen LogP contribution in [-0.2, 0) is 25.4 Å². The molecule has 0 bridgehead atoms. The van der Waals surface area contributed by atoms with E-state index in [2.05, 4.69) is 9.88 Å². The Morgan fingerprint density at radius 1 is 0.898 bits per heavy atom. The lowest BCUT2D eigenvalue weighted by atomic mass is 9.63. The number of carbonyl (C=O) groups excluding carboxylic acids is 3. The number of Topliss-reactive ketones (excluding diaryl/α,β-unsaturated/α-hetero) is 1. The van der Waals surface area contributed by atoms with Crippen LogP contribution in [0.1, 0.15) is 70.6 Å². The molecule has 2 fully saturated rings. The van der Waals surface area contributed by atoms with Gasteiger partial charge < -0.3 is 38.1 Å². The largest absolute Gasteiger partial charge is 0.496 e. The van der Waals surface area contributed by atoms with Crippen molar-refractivity contribution in [3.63, 3.8) is 0 Å². The fourth-order valence-electron chi connectivity index (χ4n) is 8.43. The average Bonchev–Trinajstić information content (AvgIpc) is 3.49. The Labute approximate surface area is 286 Å². The average molecular weight is 679 g/mol. The fraction of sp³-hybridized carbons (Fsp3) is 0.541. The number of nitrogens with one attached hydrogen (secondary N) is 1. The Morgan fingerprint density at radius 3 is 2.22 bits per heavy atom. The maximum Gasteiger partial charge on any atom is 0.338 e. The standard InChI is InChI=1S/C37H46N2O10/c1-8-9-27(40)24-15-23-21-10-11-39-18-20-14-31(49-36(41)19-12-29(44-3)34(46-5)30(13-19)45-4)35(47-6)32(37(42)48-7)22(20)16-26(39)33(21)38-25(23)17-28(24)43-2/h12-13,15,17,20,22,26,31-32,35,38H,8-11,14,16,18H2,1-7H3/t20-,22+,26-,31-,32+,35+/m1/s1. The number of aromatic nitrogens is 1. The molecule has 1 aliphatic carbocycles. The number of ether oxygens (including phenoxy) is 7. The Hall–Kier alpha value is -4.29. The number of ketones is 1. The van der Waals surface area contributed by atoms with Crippen LogP contribution in [0.2, 0.25) is 0 Å². The van der Waals surface area contributed by atoms with E-state index in [4.69, 9.17) is 33.2 Å². The van der Waals surface area contributed by atoms with Crippen LogP contribution < -0.4 is 18.9 Å². The molecule has 2 aromatic carbocycles. The molecule has 2 aliphatic heterocycles. The number of esters is 2. The first-order valence-corrected chi connectivity index (χ1v) is 16.8. The minimum atomic E-state index is -0.714. The van der Waals surface area contributed by atoms with E-state index in [0.29, 0.717) is 47.8 Å². The Bertz CT molecular complexity index is 1710. The van der Waals surface area contributed by atoms with E-state index >= 15 is 0 Å². The van der Waals surface area contributed by atoms with Crippen molar-refractivity contribution in [2.24, 2.45) is 17.8 Å². The van der Waals surface area contributed by atoms with Gasteiger partial charge in [0.25, 0.3) is 0 Å². The summed E-state index contributed by atoms with van der Waals surface area (Å²) in [5.41, 5.74) is 4.07. The second-order valence-corrected chi connectivity index (χ2v) is 13.1. The summed E-state index contributed by atoms with van der Waals surface area (Å²) in [7, 11) is 8.96. The summed E-state index contributed by atoms with van der Waals surface area (Å²) in [6.07, 6.45) is 1.85. The van der Waals surface area contributed by atoms with Crippen LogP contribution in [0.25, 0.3) is 10.9 Å². The molecule has 3 aliphatic rings. The maximum atomic E-state index is 13.6. The number of fused-ring (bicyclic) bond motifs is 6. The van der Waals surface area contributed by atoms with Crippen LogP contribution in [0.15, 0.2) is 24.3 Å². The van der Waals surface area contributed by atoms with Crippen molar-refractivity contribution in [3.05, 3.63) is 46.6 Å². The normalized spacial score (nSPS) is 24.6. The summed E-state index contributed by atoms with van der Waals surface area (Å²) in [5.74, 6) is 0.00445. The molecule has 0 radical (unpaired) electrons. The summed E-state index contributed by atoms with van der Waals surface area (Å²) in [4.78, 5) is 46.3. The van der Waals surface area contributed by atoms with Gasteiger partial charge in [0.15, 0.2) is 17.3 Å². The van der Waals surface area contributed by atoms with Crippen molar-refractivity contribution >= 4 is 28.6 Å². The number of hydrogen-bond donors (Lipinski definition) is 1. The molecule has 1 saturated heterocycles. The van der Waals surface area contributed by atoms with E-state index in [1.165, 1.54) is 41.1 Å². The van der Waals surface area contributed by atoms with E-state index in [9.17, 15) is 14.4 Å². The van der Waals surface area contributed by atoms with Crippen molar-refractivity contribution in [1.82, 2.24) is 9.88 Å². The topological polar surface area (TPSA) is 135 Å². The molecule has 6 rings (SSSR count). The molecule has 0 unspecified atom stereocenters. The van der Waals surface area contributed by atoms with Crippen LogP contribution in [0.4, 0.5) is 0 Å². The second-order valence-electron chi connectivity index (χ2n) is 13.1. The number of hydrogen-bond acceptors (Lipinski definition) is 11. The van der Waals surface area contributed by atoms with Gasteiger partial charge in [-0.15, -0.1) is 0 Å². The lowest BCUT2D eigenvalue weighted by Crippen LogP contribution is -2.58. The summed E-state index contributed by atoms with van der Waals surface area (Å²) < 4.78 is 39.4. The molecule has 49 heavy (non-hydrogen) atoms. The number of carbonyl (C=O) groups is 3. The van der Waals surface area contributed by atoms with Gasteiger partial charge in [0.2, 0.25) is 5.75 Å². The molecular weight excluding hydrogens is 632 g/mol. The molecule has 6 atom stereocenters. The highest BCUT2D eigenvalue weighted by Gasteiger charge is 2.54. The van der Waals surface area contributed by atoms with Gasteiger partial charge in [-0.25, -0.2) is 4.79 Å². The molecule has 1 aromatic heterocycles. The molecule has 0 amide bonds. The highest BCUT2D eigenvalue weighted by molar-refractivity contribution is 6.03. The third kappa shape index (κ3) is 6.09. The zero-order valence-corrected chi connectivity index (χ0v) is 29.3. The molecule has 12 heteroatoms. The quantitative estimate of drug-likeness (QED) is 0.213. The smallest absolute Gasteiger partial charge is 0.338 e. The summed E-state index contributed by atoms with van der Waals surface area (Å²) in [6.45, 7) is 3.54. The van der Waals surface area contributed by atoms with Gasteiger partial charge in [-0.2, -0.15) is 0 Å². The monoisotopic (exact) mass is 678 g/mol. The molecular formula is C37H46N2O10. The number of aromatic amines is 1. The summed E-state index contributed by atoms with van der Waals surface area (Å²) >= 11 is 0. The molecule has 0 spiro atoms. The van der Waals surface area contributed by atoms with E-state index in [0.717, 1.165) is 42.5 Å². The van der Waals surface area contributed by atoms with Crippen LogP contribution in [0, 0.1) is 17.8 Å². The van der Waals surface area contributed by atoms with Crippen LogP contribution >= 0.6 is 0 Å². The van der Waals surface area contributed by atoms with E-state index in [1.807, 2.05) is 19.1 Å². The predicted octanol–water partition coefficient (Wildman–Crippen LogP) is 5.15. The highest BCUT2D eigenvalue weighted by Crippen LogP contribution is 2.51. The lowest BCUT2D eigenvalue weighted by molar-refractivity contribution is -0.176. The van der Waals surface area contributed by atoms with Crippen molar-refractivity contribution in [3.8, 4) is 23.0 Å². The molecule has 264 valence electrons. The predicted molar refractivity (Wildman–Crippen MR) is 180 cm³/mol. The zero-order chi connectivity index (χ0) is 35.0. The van der Waals surface area contributed by atoms with Gasteiger partial charge >= 0.3 is 11.9 Å². The first-order chi connectivity index (χ1) is 23.7. The SMILES string of the molecule is CCCC(=O)c1cc2c3c([nH]c2cc1OC)[C@H]1C[C@H]2[C@H](C[C@@H](OC(=O)c4cc(OC)c(OC)c(OC)c4)[C@H](OC)[C@H]2C(=O)OC)CN1CC3. The molecule has 1 N–H and O–H groups in total. The number of H-pyrrole nitrogens is 1. The summed E-state index contributed by atoms with van der Waals surface area (Å²) in [6, 6.07) is 7.03. The first kappa shape index (κ1) is 34.6. The van der Waals surface area contributed by atoms with Gasteiger partial charge in [0.1, 0.15) is 18.0 Å². The minimum Gasteiger partial charge on any atom is -0.496 e. The lowest BCUT2D eigenvalue weighted by Gasteiger charge is -2.52. The molecule has 1 saturated carbocycles. The molecule has 12 nitrogen and oxygen atoms in total. The van der Waals surface area contributed by atoms with Crippen molar-refractivity contribution in [1.29, 1.82) is 0 Å². The van der Waals surface area contributed by atoms with Crippen molar-refractivity contribution < 1.29 is 47.5 Å². The third-order valence-corrected chi connectivity index (χ3v) is 10.7. The Kier molecular flexibility index (Phi) is 10.1. The van der Waals surface area contributed by atoms with Gasteiger partial charge in [-0.1, -0.05) is 6.92 Å². The Morgan fingerprint density at radius 2 is 1.61 bits per heavy atom. The zero-order valence-electron chi connectivity index (χ0n) is 29.3. The summed E-state index contributed by atoms with van der Waals surface area (Å²) in [5, 5.41) is 1.04. The van der Waals surface area contributed by atoms with Gasteiger partial charge in [-0.3, -0.25) is 14.5 Å². The van der Waals surface area contributed by atoms with E-state index < -0.39 is 24.1 Å². The van der Waals surface area contributed by atoms with E-state index in [1.54, 1.807) is 19.2 Å². The van der Waals surface area contributed by atoms with Crippen LogP contribution in [-0.4, -0.2) is 95.6 Å². The van der Waals surface area contributed by atoms with Crippen molar-refractivity contribution in [2.45, 2.75) is 57.3 Å². The van der Waals surface area contributed by atoms with Gasteiger partial charge in [0, 0.05) is 49.3 Å². The van der Waals surface area contributed by atoms with Crippen LogP contribution in [0.5, 0.6) is 23.0 Å². The number of methoxy groups -OCH3 is 6. The second kappa shape index (κ2) is 14.3. The number of piperidine rings is 1. The van der Waals surface area contributed by atoms with Gasteiger partial charge in [0.05, 0.1) is 58.6 Å². The maximum absolute atomic E-state index is 13.6.